The summed E-state index contributed by atoms with van der Waals surface area (Å²) in [6.45, 7) is 3.20. The first-order valence-electron chi connectivity index (χ1n) is 6.15. The number of thiophene rings is 1. The second kappa shape index (κ2) is 5.19. The maximum atomic E-state index is 11.8. The maximum absolute atomic E-state index is 11.8. The zero-order valence-electron chi connectivity index (χ0n) is 9.89. The minimum Gasteiger partial charge on any atom is -0.444 e. The summed E-state index contributed by atoms with van der Waals surface area (Å²) in [5.41, 5.74) is 0. The quantitative estimate of drug-likeness (QED) is 0.905. The fraction of sp³-hybridized carbons (Fsp3) is 0.583. The highest BCUT2D eigenvalue weighted by molar-refractivity contribution is 9.10. The van der Waals surface area contributed by atoms with Gasteiger partial charge in [-0.05, 0) is 59.2 Å². The van der Waals surface area contributed by atoms with E-state index in [0.29, 0.717) is 5.92 Å². The van der Waals surface area contributed by atoms with Crippen molar-refractivity contribution in [2.45, 2.75) is 18.9 Å². The third-order valence-electron chi connectivity index (χ3n) is 3.69. The Morgan fingerprint density at radius 2 is 2.28 bits per heavy atom. The molecule has 98 valence electrons. The van der Waals surface area contributed by atoms with Gasteiger partial charge in [-0.2, -0.15) is 0 Å². The van der Waals surface area contributed by atoms with Gasteiger partial charge in [-0.3, -0.25) is 10.2 Å². The summed E-state index contributed by atoms with van der Waals surface area (Å²) in [5.74, 6) is 0.549. The van der Waals surface area contributed by atoms with Crippen LogP contribution in [0.2, 0.25) is 0 Å². The van der Waals surface area contributed by atoms with Gasteiger partial charge in [0.2, 0.25) is 0 Å². The molecule has 0 radical (unpaired) electrons. The van der Waals surface area contributed by atoms with Crippen molar-refractivity contribution in [2.24, 2.45) is 5.92 Å². The molecule has 4 nitrogen and oxygen atoms in total. The largest absolute Gasteiger partial charge is 0.444 e. The fourth-order valence-electron chi connectivity index (χ4n) is 2.69. The van der Waals surface area contributed by atoms with Gasteiger partial charge in [-0.25, -0.2) is 4.79 Å². The lowest BCUT2D eigenvalue weighted by Gasteiger charge is -2.43. The van der Waals surface area contributed by atoms with Gasteiger partial charge in [0.15, 0.2) is 0 Å². The molecule has 18 heavy (non-hydrogen) atoms. The van der Waals surface area contributed by atoms with E-state index < -0.39 is 0 Å². The third kappa shape index (κ3) is 2.55. The van der Waals surface area contributed by atoms with Crippen molar-refractivity contribution in [1.82, 2.24) is 4.90 Å². The van der Waals surface area contributed by atoms with E-state index in [1.807, 2.05) is 11.4 Å². The summed E-state index contributed by atoms with van der Waals surface area (Å²) in [7, 11) is 0. The highest BCUT2D eigenvalue weighted by atomic mass is 79.9. The number of amides is 1. The van der Waals surface area contributed by atoms with Crippen LogP contribution in [0.3, 0.4) is 0 Å². The van der Waals surface area contributed by atoms with Crippen LogP contribution in [-0.2, 0) is 4.74 Å². The molecule has 0 aliphatic carbocycles. The molecule has 6 heteroatoms. The first-order valence-corrected chi connectivity index (χ1v) is 7.82. The molecule has 0 aromatic carbocycles. The second-order valence-electron chi connectivity index (χ2n) is 4.80. The van der Waals surface area contributed by atoms with Crippen LogP contribution in [0.1, 0.15) is 12.8 Å². The molecule has 0 spiro atoms. The summed E-state index contributed by atoms with van der Waals surface area (Å²) >= 11 is 4.87. The molecule has 3 saturated heterocycles. The molecule has 4 rings (SSSR count). The van der Waals surface area contributed by atoms with E-state index in [2.05, 4.69) is 26.1 Å². The van der Waals surface area contributed by atoms with Crippen LogP contribution in [0.25, 0.3) is 0 Å². The van der Waals surface area contributed by atoms with E-state index in [-0.39, 0.29) is 12.2 Å². The van der Waals surface area contributed by atoms with Crippen LogP contribution in [0, 0.1) is 5.92 Å². The van der Waals surface area contributed by atoms with Crippen molar-refractivity contribution in [3.05, 3.63) is 15.9 Å². The van der Waals surface area contributed by atoms with Crippen molar-refractivity contribution in [2.75, 3.05) is 25.0 Å². The Bertz CT molecular complexity index is 443. The Hall–Kier alpha value is -0.590. The predicted molar refractivity (Wildman–Crippen MR) is 75.1 cm³/mol. The molecule has 1 aromatic heterocycles. The van der Waals surface area contributed by atoms with Crippen LogP contribution in [0.5, 0.6) is 0 Å². The zero-order valence-corrected chi connectivity index (χ0v) is 12.3. The number of anilines is 1. The average molecular weight is 331 g/mol. The number of hydrogen-bond donors (Lipinski definition) is 1. The summed E-state index contributed by atoms with van der Waals surface area (Å²) in [5, 5.41) is 5.52. The Labute approximate surface area is 118 Å². The SMILES string of the molecule is O=C(Nc1sccc1Br)OC1CN2CCC1CC2. The number of hydrogen-bond acceptors (Lipinski definition) is 4. The van der Waals surface area contributed by atoms with Crippen molar-refractivity contribution < 1.29 is 9.53 Å². The number of nitrogens with one attached hydrogen (secondary N) is 1. The minimum atomic E-state index is -0.336. The molecule has 4 heterocycles. The standard InChI is InChI=1S/C12H15BrN2O2S/c13-9-3-6-18-11(9)14-12(16)17-10-7-15-4-1-8(10)2-5-15/h3,6,8,10H,1-2,4-5,7H2,(H,14,16). The molecule has 0 saturated carbocycles. The lowest BCUT2D eigenvalue weighted by atomic mass is 9.86. The lowest BCUT2D eigenvalue weighted by Crippen LogP contribution is -2.52. The van der Waals surface area contributed by atoms with Gasteiger partial charge < -0.3 is 4.74 Å². The van der Waals surface area contributed by atoms with Crippen LogP contribution < -0.4 is 5.32 Å². The second-order valence-corrected chi connectivity index (χ2v) is 6.57. The number of piperidine rings is 3. The first-order chi connectivity index (χ1) is 8.72. The van der Waals surface area contributed by atoms with Crippen molar-refractivity contribution in [3.8, 4) is 0 Å². The highest BCUT2D eigenvalue weighted by Crippen LogP contribution is 2.31. The molecule has 1 unspecified atom stereocenters. The number of nitrogens with zero attached hydrogens (tertiary/aromatic N) is 1. The van der Waals surface area contributed by atoms with E-state index in [1.165, 1.54) is 11.3 Å². The molecule has 3 aliphatic heterocycles. The van der Waals surface area contributed by atoms with Crippen LogP contribution in [0.4, 0.5) is 9.80 Å². The number of rotatable bonds is 2. The van der Waals surface area contributed by atoms with Gasteiger partial charge in [0, 0.05) is 6.54 Å². The first kappa shape index (κ1) is 12.4. The number of halogens is 1. The van der Waals surface area contributed by atoms with E-state index in [1.54, 1.807) is 0 Å². The number of carbonyl (C=O) groups excluding carboxylic acids is 1. The average Bonchev–Trinajstić information content (AvgIpc) is 2.76. The monoisotopic (exact) mass is 330 g/mol. The number of fused-ring (bicyclic) bond motifs is 3. The molecular formula is C12H15BrN2O2S. The minimum absolute atomic E-state index is 0.0613. The summed E-state index contributed by atoms with van der Waals surface area (Å²) in [6, 6.07) is 1.91. The van der Waals surface area contributed by atoms with E-state index in [9.17, 15) is 4.79 Å². The number of ether oxygens (including phenoxy) is 1. The predicted octanol–water partition coefficient (Wildman–Crippen LogP) is 3.15. The van der Waals surface area contributed by atoms with Gasteiger partial charge in [-0.1, -0.05) is 0 Å². The smallest absolute Gasteiger partial charge is 0.412 e. The summed E-state index contributed by atoms with van der Waals surface area (Å²) < 4.78 is 6.45. The van der Waals surface area contributed by atoms with Crippen LogP contribution >= 0.6 is 27.3 Å². The summed E-state index contributed by atoms with van der Waals surface area (Å²) in [6.07, 6.45) is 2.03. The normalized spacial score (nSPS) is 30.2. The Morgan fingerprint density at radius 3 is 2.83 bits per heavy atom. The molecule has 3 aliphatic rings. The van der Waals surface area contributed by atoms with E-state index in [0.717, 1.165) is 41.9 Å². The number of carbonyl (C=O) groups is 1. The van der Waals surface area contributed by atoms with Gasteiger partial charge in [0.25, 0.3) is 0 Å². The molecule has 1 N–H and O–H groups in total. The van der Waals surface area contributed by atoms with E-state index >= 15 is 0 Å². The fourth-order valence-corrected chi connectivity index (χ4v) is 4.04. The van der Waals surface area contributed by atoms with Gasteiger partial charge in [0.1, 0.15) is 11.1 Å². The zero-order chi connectivity index (χ0) is 12.5. The summed E-state index contributed by atoms with van der Waals surface area (Å²) in [4.78, 5) is 14.2. The Balaban J connectivity index is 1.57. The van der Waals surface area contributed by atoms with Gasteiger partial charge in [0.05, 0.1) is 4.47 Å². The van der Waals surface area contributed by atoms with Crippen LogP contribution in [-0.4, -0.2) is 36.7 Å². The Kier molecular flexibility index (Phi) is 3.59. The highest BCUT2D eigenvalue weighted by Gasteiger charge is 2.36. The Morgan fingerprint density at radius 1 is 1.50 bits per heavy atom. The van der Waals surface area contributed by atoms with Crippen molar-refractivity contribution >= 4 is 38.4 Å². The molecule has 1 atom stereocenters. The van der Waals surface area contributed by atoms with E-state index in [4.69, 9.17) is 4.74 Å². The third-order valence-corrected chi connectivity index (χ3v) is 5.44. The van der Waals surface area contributed by atoms with Crippen LogP contribution in [0.15, 0.2) is 15.9 Å². The van der Waals surface area contributed by atoms with Crippen molar-refractivity contribution in [1.29, 1.82) is 0 Å². The van der Waals surface area contributed by atoms with Gasteiger partial charge >= 0.3 is 6.09 Å². The molecule has 2 bridgehead atoms. The molecule has 3 fully saturated rings. The van der Waals surface area contributed by atoms with Gasteiger partial charge in [-0.15, -0.1) is 11.3 Å². The molecular weight excluding hydrogens is 316 g/mol. The lowest BCUT2D eigenvalue weighted by molar-refractivity contribution is -0.0289. The molecule has 1 amide bonds. The topological polar surface area (TPSA) is 41.6 Å². The molecule has 1 aromatic rings. The maximum Gasteiger partial charge on any atom is 0.412 e. The van der Waals surface area contributed by atoms with Crippen molar-refractivity contribution in [3.63, 3.8) is 0 Å².